The Bertz CT molecular complexity index is 897. The molecule has 0 bridgehead atoms. The molecule has 0 spiro atoms. The Morgan fingerprint density at radius 1 is 1.24 bits per heavy atom. The lowest BCUT2D eigenvalue weighted by molar-refractivity contribution is -0.149. The largest absolute Gasteiger partial charge is 0.466 e. The van der Waals surface area contributed by atoms with E-state index >= 15 is 0 Å². The molecule has 0 atom stereocenters. The van der Waals surface area contributed by atoms with Crippen molar-refractivity contribution in [1.29, 1.82) is 0 Å². The van der Waals surface area contributed by atoms with Gasteiger partial charge >= 0.3 is 17.1 Å². The normalized spacial score (nSPS) is 16.2. The van der Waals surface area contributed by atoms with E-state index in [1.54, 1.807) is 6.07 Å². The molecular formula is C17H20BrN3O4. The predicted molar refractivity (Wildman–Crippen MR) is 97.5 cm³/mol. The minimum atomic E-state index is -0.660. The average Bonchev–Trinajstić information content (AvgIpc) is 2.57. The molecule has 0 saturated carbocycles. The van der Waals surface area contributed by atoms with Crippen LogP contribution < -0.4 is 11.1 Å². The summed E-state index contributed by atoms with van der Waals surface area (Å²) in [7, 11) is 0. The van der Waals surface area contributed by atoms with Crippen LogP contribution in [0.4, 0.5) is 0 Å². The highest BCUT2D eigenvalue weighted by Gasteiger charge is 2.26. The standard InChI is InChI=1S/C17H20BrN3O4/c1-2-25-17(24)10-3-5-21(6-4-10)9-11-7-12(18)8-13-14(11)20-16(23)15(22)19-13/h7-8,10H,2-6,9H2,1H3,(H,19,22)(H,20,23). The molecule has 1 saturated heterocycles. The van der Waals surface area contributed by atoms with E-state index in [1.807, 2.05) is 13.0 Å². The Morgan fingerprint density at radius 2 is 1.92 bits per heavy atom. The predicted octanol–water partition coefficient (Wildman–Crippen LogP) is 1.75. The van der Waals surface area contributed by atoms with Crippen LogP contribution in [0, 0.1) is 5.92 Å². The van der Waals surface area contributed by atoms with Gasteiger partial charge in [0.05, 0.1) is 23.6 Å². The minimum Gasteiger partial charge on any atom is -0.466 e. The molecule has 7 nitrogen and oxygen atoms in total. The number of esters is 1. The first-order valence-electron chi connectivity index (χ1n) is 8.31. The monoisotopic (exact) mass is 409 g/mol. The smallest absolute Gasteiger partial charge is 0.314 e. The van der Waals surface area contributed by atoms with Gasteiger partial charge in [-0.15, -0.1) is 0 Å². The average molecular weight is 410 g/mol. The molecule has 0 aliphatic carbocycles. The summed E-state index contributed by atoms with van der Waals surface area (Å²) in [5.74, 6) is -0.149. The molecular weight excluding hydrogens is 390 g/mol. The molecule has 1 aromatic heterocycles. The molecule has 0 unspecified atom stereocenters. The molecule has 2 N–H and O–H groups in total. The van der Waals surface area contributed by atoms with Crippen LogP contribution in [0.1, 0.15) is 25.3 Å². The maximum absolute atomic E-state index is 11.8. The van der Waals surface area contributed by atoms with E-state index in [1.165, 1.54) is 0 Å². The van der Waals surface area contributed by atoms with Gasteiger partial charge in [0.25, 0.3) is 0 Å². The van der Waals surface area contributed by atoms with Crippen molar-refractivity contribution in [3.05, 3.63) is 42.9 Å². The number of aromatic nitrogens is 2. The first kappa shape index (κ1) is 17.9. The number of nitrogens with one attached hydrogen (secondary N) is 2. The van der Waals surface area contributed by atoms with Crippen LogP contribution in [-0.2, 0) is 16.1 Å². The van der Waals surface area contributed by atoms with Gasteiger partial charge in [-0.25, -0.2) is 0 Å². The summed E-state index contributed by atoms with van der Waals surface area (Å²) < 4.78 is 5.93. The second-order valence-corrected chi connectivity index (χ2v) is 7.11. The third kappa shape index (κ3) is 4.01. The zero-order chi connectivity index (χ0) is 18.0. The summed E-state index contributed by atoms with van der Waals surface area (Å²) in [5, 5.41) is 0. The lowest BCUT2D eigenvalue weighted by atomic mass is 9.96. The third-order valence-corrected chi connectivity index (χ3v) is 4.94. The zero-order valence-corrected chi connectivity index (χ0v) is 15.5. The molecule has 25 heavy (non-hydrogen) atoms. The zero-order valence-electron chi connectivity index (χ0n) is 13.9. The number of carbonyl (C=O) groups excluding carboxylic acids is 1. The second-order valence-electron chi connectivity index (χ2n) is 6.20. The number of hydrogen-bond acceptors (Lipinski definition) is 5. The van der Waals surface area contributed by atoms with E-state index < -0.39 is 11.1 Å². The van der Waals surface area contributed by atoms with E-state index in [0.717, 1.165) is 36.0 Å². The number of rotatable bonds is 4. The van der Waals surface area contributed by atoms with Crippen molar-refractivity contribution < 1.29 is 9.53 Å². The number of likely N-dealkylation sites (tertiary alicyclic amines) is 1. The van der Waals surface area contributed by atoms with E-state index in [2.05, 4.69) is 30.8 Å². The lowest BCUT2D eigenvalue weighted by Gasteiger charge is -2.31. The van der Waals surface area contributed by atoms with E-state index in [4.69, 9.17) is 4.74 Å². The van der Waals surface area contributed by atoms with Crippen LogP contribution in [0.5, 0.6) is 0 Å². The minimum absolute atomic E-state index is 0.0355. The summed E-state index contributed by atoms with van der Waals surface area (Å²) in [5.41, 5.74) is 0.840. The topological polar surface area (TPSA) is 95.3 Å². The molecule has 134 valence electrons. The number of aromatic amines is 2. The lowest BCUT2D eigenvalue weighted by Crippen LogP contribution is -2.36. The van der Waals surface area contributed by atoms with E-state index in [0.29, 0.717) is 24.2 Å². The van der Waals surface area contributed by atoms with Gasteiger partial charge in [0.15, 0.2) is 0 Å². The number of hydrogen-bond donors (Lipinski definition) is 2. The van der Waals surface area contributed by atoms with Gasteiger partial charge < -0.3 is 14.7 Å². The molecule has 1 fully saturated rings. The van der Waals surface area contributed by atoms with Crippen molar-refractivity contribution in [3.8, 4) is 0 Å². The number of halogens is 1. The van der Waals surface area contributed by atoms with Gasteiger partial charge in [0.2, 0.25) is 0 Å². The summed E-state index contributed by atoms with van der Waals surface area (Å²) in [6.07, 6.45) is 1.52. The van der Waals surface area contributed by atoms with Crippen LogP contribution >= 0.6 is 15.9 Å². The van der Waals surface area contributed by atoms with Gasteiger partial charge in [-0.05, 0) is 50.6 Å². The Morgan fingerprint density at radius 3 is 2.60 bits per heavy atom. The molecule has 1 aliphatic heterocycles. The summed E-state index contributed by atoms with van der Waals surface area (Å²) in [4.78, 5) is 42.5. The maximum atomic E-state index is 11.8. The number of fused-ring (bicyclic) bond motifs is 1. The van der Waals surface area contributed by atoms with Crippen molar-refractivity contribution in [1.82, 2.24) is 14.9 Å². The number of nitrogens with zero attached hydrogens (tertiary/aromatic N) is 1. The number of benzene rings is 1. The van der Waals surface area contributed by atoms with Crippen LogP contribution in [-0.4, -0.2) is 40.5 Å². The Labute approximate surface area is 152 Å². The molecule has 0 radical (unpaired) electrons. The van der Waals surface area contributed by atoms with E-state index in [9.17, 15) is 14.4 Å². The number of carbonyl (C=O) groups is 1. The van der Waals surface area contributed by atoms with Crippen molar-refractivity contribution in [2.75, 3.05) is 19.7 Å². The van der Waals surface area contributed by atoms with Crippen molar-refractivity contribution in [2.45, 2.75) is 26.3 Å². The first-order chi connectivity index (χ1) is 12.0. The van der Waals surface area contributed by atoms with Crippen molar-refractivity contribution in [2.24, 2.45) is 5.92 Å². The molecule has 2 heterocycles. The Balaban J connectivity index is 1.78. The fourth-order valence-electron chi connectivity index (χ4n) is 3.21. The van der Waals surface area contributed by atoms with Crippen LogP contribution in [0.15, 0.2) is 26.2 Å². The highest BCUT2D eigenvalue weighted by atomic mass is 79.9. The molecule has 3 rings (SSSR count). The molecule has 1 aromatic carbocycles. The quantitative estimate of drug-likeness (QED) is 0.592. The molecule has 1 aliphatic rings. The Hall–Kier alpha value is -1.93. The first-order valence-corrected chi connectivity index (χ1v) is 9.11. The van der Waals surface area contributed by atoms with Gasteiger partial charge in [0, 0.05) is 11.0 Å². The SMILES string of the molecule is CCOC(=O)C1CCN(Cc2cc(Br)cc3[nH]c(=O)c(=O)[nH]c23)CC1. The van der Waals surface area contributed by atoms with Crippen LogP contribution in [0.2, 0.25) is 0 Å². The number of H-pyrrole nitrogens is 2. The molecule has 8 heteroatoms. The van der Waals surface area contributed by atoms with E-state index in [-0.39, 0.29) is 11.9 Å². The molecule has 0 amide bonds. The maximum Gasteiger partial charge on any atom is 0.314 e. The fraction of sp³-hybridized carbons (Fsp3) is 0.471. The number of piperidine rings is 1. The number of ether oxygens (including phenoxy) is 1. The van der Waals surface area contributed by atoms with Crippen LogP contribution in [0.3, 0.4) is 0 Å². The van der Waals surface area contributed by atoms with Gasteiger partial charge in [0.1, 0.15) is 0 Å². The van der Waals surface area contributed by atoms with Crippen molar-refractivity contribution >= 4 is 32.9 Å². The summed E-state index contributed by atoms with van der Waals surface area (Å²) in [6, 6.07) is 3.71. The third-order valence-electron chi connectivity index (χ3n) is 4.48. The summed E-state index contributed by atoms with van der Waals surface area (Å²) >= 11 is 3.44. The van der Waals surface area contributed by atoms with Crippen LogP contribution in [0.25, 0.3) is 11.0 Å². The highest BCUT2D eigenvalue weighted by Crippen LogP contribution is 2.24. The molecule has 2 aromatic rings. The van der Waals surface area contributed by atoms with Gasteiger partial charge in [-0.1, -0.05) is 15.9 Å². The van der Waals surface area contributed by atoms with Gasteiger partial charge in [-0.2, -0.15) is 0 Å². The fourth-order valence-corrected chi connectivity index (χ4v) is 3.72. The van der Waals surface area contributed by atoms with Crippen molar-refractivity contribution in [3.63, 3.8) is 0 Å². The second kappa shape index (κ2) is 7.53. The Kier molecular flexibility index (Phi) is 5.39. The van der Waals surface area contributed by atoms with Gasteiger partial charge in [-0.3, -0.25) is 19.3 Å². The highest BCUT2D eigenvalue weighted by molar-refractivity contribution is 9.10. The summed E-state index contributed by atoms with van der Waals surface area (Å²) in [6.45, 7) is 4.43.